The zero-order valence-corrected chi connectivity index (χ0v) is 13.3. The van der Waals surface area contributed by atoms with Crippen LogP contribution in [0.1, 0.15) is 22.8 Å². The van der Waals surface area contributed by atoms with Gasteiger partial charge in [-0.05, 0) is 42.8 Å². The molecule has 0 bridgehead atoms. The first kappa shape index (κ1) is 16.5. The van der Waals surface area contributed by atoms with Crippen LogP contribution in [0.3, 0.4) is 0 Å². The molecule has 5 nitrogen and oxygen atoms in total. The number of benzene rings is 2. The second-order valence-corrected chi connectivity index (χ2v) is 4.96. The molecule has 0 aliphatic carbocycles. The third-order valence-electron chi connectivity index (χ3n) is 3.23. The summed E-state index contributed by atoms with van der Waals surface area (Å²) in [5, 5.41) is 5.35. The number of anilines is 1. The minimum Gasteiger partial charge on any atom is -0.494 e. The van der Waals surface area contributed by atoms with E-state index >= 15 is 0 Å². The highest BCUT2D eigenvalue weighted by molar-refractivity contribution is 5.97. The Morgan fingerprint density at radius 1 is 1.09 bits per heavy atom. The van der Waals surface area contributed by atoms with Crippen LogP contribution < -0.4 is 15.4 Å². The largest absolute Gasteiger partial charge is 0.494 e. The smallest absolute Gasteiger partial charge is 0.251 e. The number of nitrogens with one attached hydrogen (secondary N) is 2. The zero-order chi connectivity index (χ0) is 16.7. The van der Waals surface area contributed by atoms with Gasteiger partial charge in [0.1, 0.15) is 5.75 Å². The predicted molar refractivity (Wildman–Crippen MR) is 89.8 cm³/mol. The molecule has 0 atom stereocenters. The molecule has 0 fully saturated rings. The Kier molecular flexibility index (Phi) is 5.74. The highest BCUT2D eigenvalue weighted by Crippen LogP contribution is 2.14. The Balaban J connectivity index is 1.98. The van der Waals surface area contributed by atoms with E-state index < -0.39 is 0 Å². The van der Waals surface area contributed by atoms with Crippen LogP contribution in [0.4, 0.5) is 5.69 Å². The van der Waals surface area contributed by atoms with Crippen LogP contribution >= 0.6 is 0 Å². The van der Waals surface area contributed by atoms with Crippen LogP contribution in [0, 0.1) is 0 Å². The van der Waals surface area contributed by atoms with Gasteiger partial charge in [0.05, 0.1) is 13.0 Å². The molecule has 2 amide bonds. The molecule has 0 spiro atoms. The molecule has 23 heavy (non-hydrogen) atoms. The van der Waals surface area contributed by atoms with Crippen LogP contribution in [-0.4, -0.2) is 25.5 Å². The number of carbonyl (C=O) groups excluding carboxylic acids is 2. The summed E-state index contributed by atoms with van der Waals surface area (Å²) in [7, 11) is 1.57. The molecule has 0 aliphatic rings. The van der Waals surface area contributed by atoms with Crippen molar-refractivity contribution in [2.24, 2.45) is 0 Å². The molecule has 2 N–H and O–H groups in total. The molecule has 2 rings (SSSR count). The zero-order valence-electron chi connectivity index (χ0n) is 13.3. The van der Waals surface area contributed by atoms with Crippen LogP contribution in [0.15, 0.2) is 48.5 Å². The van der Waals surface area contributed by atoms with Crippen LogP contribution in [-0.2, 0) is 11.2 Å². The van der Waals surface area contributed by atoms with Crippen molar-refractivity contribution in [3.8, 4) is 5.75 Å². The van der Waals surface area contributed by atoms with Crippen molar-refractivity contribution < 1.29 is 14.3 Å². The number of rotatable bonds is 6. The first-order chi connectivity index (χ1) is 11.1. The summed E-state index contributed by atoms with van der Waals surface area (Å²) in [5.74, 6) is 0.464. The van der Waals surface area contributed by atoms with Crippen molar-refractivity contribution in [2.45, 2.75) is 13.3 Å². The Labute approximate surface area is 135 Å². The maximum Gasteiger partial charge on any atom is 0.251 e. The van der Waals surface area contributed by atoms with Crippen molar-refractivity contribution >= 4 is 17.5 Å². The van der Waals surface area contributed by atoms with E-state index in [4.69, 9.17) is 4.74 Å². The van der Waals surface area contributed by atoms with Crippen molar-refractivity contribution in [1.82, 2.24) is 5.32 Å². The summed E-state index contributed by atoms with van der Waals surface area (Å²) in [6.07, 6.45) is 0.261. The van der Waals surface area contributed by atoms with E-state index in [1.54, 1.807) is 31.3 Å². The number of amides is 2. The average molecular weight is 312 g/mol. The molecule has 0 aromatic heterocycles. The minimum atomic E-state index is -0.187. The van der Waals surface area contributed by atoms with Crippen molar-refractivity contribution in [3.05, 3.63) is 59.7 Å². The summed E-state index contributed by atoms with van der Waals surface area (Å²) in [4.78, 5) is 23.7. The van der Waals surface area contributed by atoms with E-state index in [0.717, 1.165) is 11.3 Å². The second-order valence-electron chi connectivity index (χ2n) is 4.96. The fourth-order valence-corrected chi connectivity index (χ4v) is 2.14. The topological polar surface area (TPSA) is 67.4 Å². The molecular formula is C18H20N2O3. The molecular weight excluding hydrogens is 292 g/mol. The Morgan fingerprint density at radius 3 is 2.48 bits per heavy atom. The summed E-state index contributed by atoms with van der Waals surface area (Å²) in [6.45, 7) is 2.54. The van der Waals surface area contributed by atoms with Gasteiger partial charge in [0.2, 0.25) is 5.91 Å². The number of hydrogen-bond acceptors (Lipinski definition) is 3. The Bertz CT molecular complexity index is 681. The Hall–Kier alpha value is -2.82. The second kappa shape index (κ2) is 7.98. The fourth-order valence-electron chi connectivity index (χ4n) is 2.14. The monoisotopic (exact) mass is 312 g/mol. The maximum absolute atomic E-state index is 12.1. The highest BCUT2D eigenvalue weighted by atomic mass is 16.5. The maximum atomic E-state index is 12.1. The normalized spacial score (nSPS) is 10.0. The molecule has 0 aliphatic heterocycles. The van der Waals surface area contributed by atoms with E-state index in [9.17, 15) is 9.59 Å². The van der Waals surface area contributed by atoms with Crippen LogP contribution in [0.5, 0.6) is 5.75 Å². The molecule has 0 saturated heterocycles. The molecule has 0 saturated carbocycles. The van der Waals surface area contributed by atoms with Gasteiger partial charge < -0.3 is 15.4 Å². The Morgan fingerprint density at radius 2 is 1.83 bits per heavy atom. The van der Waals surface area contributed by atoms with Gasteiger partial charge in [0.25, 0.3) is 5.91 Å². The number of carbonyl (C=O) groups is 2. The van der Waals surface area contributed by atoms with E-state index in [0.29, 0.717) is 17.9 Å². The summed E-state index contributed by atoms with van der Waals surface area (Å²) < 4.78 is 5.37. The molecule has 2 aromatic rings. The van der Waals surface area contributed by atoms with Gasteiger partial charge >= 0.3 is 0 Å². The molecule has 0 heterocycles. The third-order valence-corrected chi connectivity index (χ3v) is 3.23. The van der Waals surface area contributed by atoms with Gasteiger partial charge in [-0.15, -0.1) is 0 Å². The first-order valence-electron chi connectivity index (χ1n) is 7.46. The van der Waals surface area contributed by atoms with Crippen LogP contribution in [0.2, 0.25) is 0 Å². The van der Waals surface area contributed by atoms with E-state index in [2.05, 4.69) is 10.6 Å². The molecule has 2 aromatic carbocycles. The van der Waals surface area contributed by atoms with Crippen molar-refractivity contribution in [1.29, 1.82) is 0 Å². The van der Waals surface area contributed by atoms with E-state index in [-0.39, 0.29) is 18.2 Å². The standard InChI is InChI=1S/C18H20N2O3/c1-3-23-16-9-7-13(8-10-16)11-17(21)20-15-6-4-5-14(12-15)18(22)19-2/h4-10,12H,3,11H2,1-2H3,(H,19,22)(H,20,21). The SMILES string of the molecule is CCOc1ccc(CC(=O)Nc2cccc(C(=O)NC)c2)cc1. The first-order valence-corrected chi connectivity index (χ1v) is 7.46. The molecule has 0 radical (unpaired) electrons. The van der Waals surface area contributed by atoms with Crippen molar-refractivity contribution in [3.63, 3.8) is 0 Å². The van der Waals surface area contributed by atoms with Crippen LogP contribution in [0.25, 0.3) is 0 Å². The summed E-state index contributed by atoms with van der Waals surface area (Å²) in [5.41, 5.74) is 2.00. The van der Waals surface area contributed by atoms with Gasteiger partial charge in [-0.2, -0.15) is 0 Å². The summed E-state index contributed by atoms with van der Waals surface area (Å²) in [6, 6.07) is 14.3. The lowest BCUT2D eigenvalue weighted by Gasteiger charge is -2.08. The third kappa shape index (κ3) is 4.85. The van der Waals surface area contributed by atoms with Crippen molar-refractivity contribution in [2.75, 3.05) is 19.0 Å². The lowest BCUT2D eigenvalue weighted by molar-refractivity contribution is -0.115. The lowest BCUT2D eigenvalue weighted by atomic mass is 10.1. The highest BCUT2D eigenvalue weighted by Gasteiger charge is 2.07. The fraction of sp³-hybridized carbons (Fsp3) is 0.222. The quantitative estimate of drug-likeness (QED) is 0.861. The summed E-state index contributed by atoms with van der Waals surface area (Å²) >= 11 is 0. The van der Waals surface area contributed by atoms with E-state index in [1.807, 2.05) is 31.2 Å². The van der Waals surface area contributed by atoms with E-state index in [1.165, 1.54) is 0 Å². The molecule has 0 unspecified atom stereocenters. The van der Waals surface area contributed by atoms with Gasteiger partial charge in [-0.1, -0.05) is 18.2 Å². The van der Waals surface area contributed by atoms with Gasteiger partial charge in [-0.3, -0.25) is 9.59 Å². The van der Waals surface area contributed by atoms with Gasteiger partial charge in [0, 0.05) is 18.3 Å². The molecule has 5 heteroatoms. The minimum absolute atomic E-state index is 0.136. The lowest BCUT2D eigenvalue weighted by Crippen LogP contribution is -2.19. The number of hydrogen-bond donors (Lipinski definition) is 2. The molecule has 120 valence electrons. The van der Waals surface area contributed by atoms with Gasteiger partial charge in [-0.25, -0.2) is 0 Å². The number of ether oxygens (including phenoxy) is 1. The van der Waals surface area contributed by atoms with Gasteiger partial charge in [0.15, 0.2) is 0 Å². The predicted octanol–water partition coefficient (Wildman–Crippen LogP) is 2.63. The average Bonchev–Trinajstić information content (AvgIpc) is 2.56.